The van der Waals surface area contributed by atoms with E-state index in [0.717, 1.165) is 44.5 Å². The molecule has 1 saturated heterocycles. The second-order valence-electron chi connectivity index (χ2n) is 6.27. The van der Waals surface area contributed by atoms with Crippen LogP contribution < -0.4 is 11.3 Å². The lowest BCUT2D eigenvalue weighted by molar-refractivity contribution is -0.0975. The second kappa shape index (κ2) is 5.79. The Morgan fingerprint density at radius 1 is 1.48 bits per heavy atom. The standard InChI is InChI=1S/C15H23N3O3/c16-17-14(19)13-5-4-12(21-13)10-18-8-7-15(20)6-2-1-3-11(15)9-18/h4-5,11,20H,1-3,6-10,16H2,(H,17,19). The summed E-state index contributed by atoms with van der Waals surface area (Å²) in [5, 5.41) is 10.7. The molecule has 2 heterocycles. The maximum Gasteiger partial charge on any atom is 0.300 e. The molecule has 116 valence electrons. The number of hydrogen-bond acceptors (Lipinski definition) is 5. The number of fused-ring (bicyclic) bond motifs is 1. The van der Waals surface area contributed by atoms with Gasteiger partial charge in [-0.2, -0.15) is 0 Å². The summed E-state index contributed by atoms with van der Waals surface area (Å²) in [6.45, 7) is 2.44. The molecule has 1 saturated carbocycles. The van der Waals surface area contributed by atoms with E-state index in [1.54, 1.807) is 6.07 Å². The van der Waals surface area contributed by atoms with E-state index in [4.69, 9.17) is 10.3 Å². The largest absolute Gasteiger partial charge is 0.455 e. The molecule has 1 aliphatic carbocycles. The highest BCUT2D eigenvalue weighted by Gasteiger charge is 2.42. The van der Waals surface area contributed by atoms with Gasteiger partial charge in [-0.25, -0.2) is 5.84 Å². The highest BCUT2D eigenvalue weighted by atomic mass is 16.4. The molecule has 0 radical (unpaired) electrons. The first-order valence-corrected chi connectivity index (χ1v) is 7.65. The van der Waals surface area contributed by atoms with Crippen LogP contribution in [-0.2, 0) is 6.54 Å². The van der Waals surface area contributed by atoms with Gasteiger partial charge in [0.1, 0.15) is 5.76 Å². The molecule has 6 nitrogen and oxygen atoms in total. The summed E-state index contributed by atoms with van der Waals surface area (Å²) in [5.74, 6) is 6.03. The van der Waals surface area contributed by atoms with Crippen molar-refractivity contribution in [3.8, 4) is 0 Å². The summed E-state index contributed by atoms with van der Waals surface area (Å²) in [6.07, 6.45) is 5.22. The van der Waals surface area contributed by atoms with E-state index in [9.17, 15) is 9.90 Å². The molecule has 2 atom stereocenters. The molecule has 2 unspecified atom stereocenters. The zero-order valence-electron chi connectivity index (χ0n) is 12.2. The zero-order chi connectivity index (χ0) is 14.9. The van der Waals surface area contributed by atoms with Crippen LogP contribution in [0, 0.1) is 5.92 Å². The number of furan rings is 1. The van der Waals surface area contributed by atoms with E-state index < -0.39 is 11.5 Å². The lowest BCUT2D eigenvalue weighted by Gasteiger charge is -2.47. The van der Waals surface area contributed by atoms with Crippen LogP contribution in [0.4, 0.5) is 0 Å². The molecule has 4 N–H and O–H groups in total. The van der Waals surface area contributed by atoms with E-state index in [1.807, 2.05) is 6.07 Å². The van der Waals surface area contributed by atoms with Gasteiger partial charge < -0.3 is 9.52 Å². The molecule has 0 bridgehead atoms. The van der Waals surface area contributed by atoms with Gasteiger partial charge >= 0.3 is 5.91 Å². The predicted molar refractivity (Wildman–Crippen MR) is 77.2 cm³/mol. The van der Waals surface area contributed by atoms with Gasteiger partial charge in [0, 0.05) is 19.0 Å². The van der Waals surface area contributed by atoms with Crippen molar-refractivity contribution in [3.05, 3.63) is 23.7 Å². The maximum absolute atomic E-state index is 11.4. The summed E-state index contributed by atoms with van der Waals surface area (Å²) < 4.78 is 5.50. The van der Waals surface area contributed by atoms with Crippen molar-refractivity contribution in [2.24, 2.45) is 11.8 Å². The van der Waals surface area contributed by atoms with Crippen molar-refractivity contribution in [2.75, 3.05) is 13.1 Å². The third kappa shape index (κ3) is 2.97. The molecular weight excluding hydrogens is 270 g/mol. The molecular formula is C15H23N3O3. The van der Waals surface area contributed by atoms with Crippen LogP contribution in [0.15, 0.2) is 16.5 Å². The van der Waals surface area contributed by atoms with Gasteiger partial charge in [0.25, 0.3) is 0 Å². The van der Waals surface area contributed by atoms with Gasteiger partial charge in [-0.15, -0.1) is 0 Å². The highest BCUT2D eigenvalue weighted by Crippen LogP contribution is 2.40. The number of carbonyl (C=O) groups is 1. The minimum Gasteiger partial charge on any atom is -0.455 e. The van der Waals surface area contributed by atoms with Gasteiger partial charge in [0.15, 0.2) is 5.76 Å². The number of amides is 1. The maximum atomic E-state index is 11.4. The van der Waals surface area contributed by atoms with Crippen LogP contribution in [0.5, 0.6) is 0 Å². The number of carbonyl (C=O) groups excluding carboxylic acids is 1. The van der Waals surface area contributed by atoms with E-state index in [-0.39, 0.29) is 5.76 Å². The fourth-order valence-electron chi connectivity index (χ4n) is 3.66. The number of nitrogen functional groups attached to an aromatic ring is 1. The van der Waals surface area contributed by atoms with Gasteiger partial charge in [-0.1, -0.05) is 12.8 Å². The smallest absolute Gasteiger partial charge is 0.300 e. The summed E-state index contributed by atoms with van der Waals surface area (Å²) in [7, 11) is 0. The Bertz CT molecular complexity index is 516. The number of piperidine rings is 1. The fourth-order valence-corrected chi connectivity index (χ4v) is 3.66. The summed E-state index contributed by atoms with van der Waals surface area (Å²) in [5.41, 5.74) is 1.61. The molecule has 6 heteroatoms. The van der Waals surface area contributed by atoms with Gasteiger partial charge in [-0.3, -0.25) is 15.1 Å². The monoisotopic (exact) mass is 293 g/mol. The normalized spacial score (nSPS) is 29.9. The molecule has 2 aliphatic rings. The molecule has 1 amide bonds. The van der Waals surface area contributed by atoms with E-state index in [1.165, 1.54) is 6.42 Å². The Balaban J connectivity index is 1.61. The number of aliphatic hydroxyl groups is 1. The average molecular weight is 293 g/mol. The van der Waals surface area contributed by atoms with Crippen LogP contribution in [0.3, 0.4) is 0 Å². The van der Waals surface area contributed by atoms with Gasteiger partial charge in [-0.05, 0) is 31.4 Å². The Morgan fingerprint density at radius 2 is 2.33 bits per heavy atom. The minimum absolute atomic E-state index is 0.235. The van der Waals surface area contributed by atoms with Crippen molar-refractivity contribution < 1.29 is 14.3 Å². The van der Waals surface area contributed by atoms with Gasteiger partial charge in [0.05, 0.1) is 12.1 Å². The number of hydrazine groups is 1. The number of nitrogens with zero attached hydrogens (tertiary/aromatic N) is 1. The quantitative estimate of drug-likeness (QED) is 0.439. The van der Waals surface area contributed by atoms with Gasteiger partial charge in [0.2, 0.25) is 0 Å². The molecule has 0 spiro atoms. The molecule has 21 heavy (non-hydrogen) atoms. The highest BCUT2D eigenvalue weighted by molar-refractivity contribution is 5.90. The van der Waals surface area contributed by atoms with Crippen molar-refractivity contribution in [1.29, 1.82) is 0 Å². The number of nitrogens with one attached hydrogen (secondary N) is 1. The molecule has 2 fully saturated rings. The first-order chi connectivity index (χ1) is 10.1. The Kier molecular flexibility index (Phi) is 4.01. The number of nitrogens with two attached hydrogens (primary N) is 1. The van der Waals surface area contributed by atoms with Crippen LogP contribution in [-0.4, -0.2) is 34.6 Å². The number of likely N-dealkylation sites (tertiary alicyclic amines) is 1. The lowest BCUT2D eigenvalue weighted by Crippen LogP contribution is -2.52. The lowest BCUT2D eigenvalue weighted by atomic mass is 9.71. The van der Waals surface area contributed by atoms with E-state index in [0.29, 0.717) is 12.5 Å². The van der Waals surface area contributed by atoms with Crippen molar-refractivity contribution in [2.45, 2.75) is 44.2 Å². The van der Waals surface area contributed by atoms with Crippen molar-refractivity contribution in [1.82, 2.24) is 10.3 Å². The minimum atomic E-state index is -0.456. The predicted octanol–water partition coefficient (Wildman–Crippen LogP) is 1.01. The number of hydrogen-bond donors (Lipinski definition) is 3. The SMILES string of the molecule is NNC(=O)c1ccc(CN2CCC3(O)CCCCC3C2)o1. The van der Waals surface area contributed by atoms with Crippen molar-refractivity contribution >= 4 is 5.91 Å². The zero-order valence-corrected chi connectivity index (χ0v) is 12.2. The first kappa shape index (κ1) is 14.6. The Morgan fingerprint density at radius 3 is 3.14 bits per heavy atom. The third-order valence-corrected chi connectivity index (χ3v) is 4.91. The summed E-state index contributed by atoms with van der Waals surface area (Å²) in [6, 6.07) is 3.45. The van der Waals surface area contributed by atoms with E-state index >= 15 is 0 Å². The average Bonchev–Trinajstić information content (AvgIpc) is 2.95. The Hall–Kier alpha value is -1.37. The van der Waals surface area contributed by atoms with Crippen LogP contribution in [0.25, 0.3) is 0 Å². The third-order valence-electron chi connectivity index (χ3n) is 4.91. The van der Waals surface area contributed by atoms with E-state index in [2.05, 4.69) is 10.3 Å². The fraction of sp³-hybridized carbons (Fsp3) is 0.667. The van der Waals surface area contributed by atoms with Crippen molar-refractivity contribution in [3.63, 3.8) is 0 Å². The van der Waals surface area contributed by atoms with Crippen LogP contribution >= 0.6 is 0 Å². The topological polar surface area (TPSA) is 91.7 Å². The second-order valence-corrected chi connectivity index (χ2v) is 6.27. The molecule has 0 aromatic carbocycles. The molecule has 1 aliphatic heterocycles. The first-order valence-electron chi connectivity index (χ1n) is 7.65. The number of rotatable bonds is 3. The molecule has 3 rings (SSSR count). The van der Waals surface area contributed by atoms with Crippen LogP contribution in [0.1, 0.15) is 48.4 Å². The molecule has 1 aromatic heterocycles. The Labute approximate surface area is 124 Å². The summed E-state index contributed by atoms with van der Waals surface area (Å²) >= 11 is 0. The van der Waals surface area contributed by atoms with Crippen LogP contribution in [0.2, 0.25) is 0 Å². The molecule has 1 aromatic rings. The summed E-state index contributed by atoms with van der Waals surface area (Å²) in [4.78, 5) is 13.7.